The second-order valence-corrected chi connectivity index (χ2v) is 8.29. The number of nitrogens with zero attached hydrogens (tertiary/aromatic N) is 1. The minimum absolute atomic E-state index is 0.0460. The molecule has 0 bridgehead atoms. The standard InChI is InChI=1S/C19H22N2O4S/c1-26(23,24)21(13-15-5-3-2-4-6-15)17-9-11-18(12-10-17)25-14-19(22)20-16-7-8-16/h2-6,9-12,16H,7-8,13-14H2,1H3,(H,20,22). The van der Waals surface area contributed by atoms with Crippen LogP contribution in [0.15, 0.2) is 54.6 Å². The lowest BCUT2D eigenvalue weighted by Crippen LogP contribution is -2.30. The zero-order valence-corrected chi connectivity index (χ0v) is 15.4. The highest BCUT2D eigenvalue weighted by Gasteiger charge is 2.23. The number of sulfonamides is 1. The van der Waals surface area contributed by atoms with E-state index >= 15 is 0 Å². The van der Waals surface area contributed by atoms with Gasteiger partial charge < -0.3 is 10.1 Å². The Bertz CT molecular complexity index is 847. The predicted octanol–water partition coefficient (Wildman–Crippen LogP) is 2.31. The zero-order valence-electron chi connectivity index (χ0n) is 14.6. The topological polar surface area (TPSA) is 75.7 Å². The Morgan fingerprint density at radius 2 is 1.77 bits per heavy atom. The van der Waals surface area contributed by atoms with E-state index in [1.165, 1.54) is 10.6 Å². The number of hydrogen-bond donors (Lipinski definition) is 1. The van der Waals surface area contributed by atoms with Gasteiger partial charge in [0.2, 0.25) is 10.0 Å². The van der Waals surface area contributed by atoms with Crippen LogP contribution in [-0.4, -0.2) is 33.2 Å². The molecule has 1 saturated carbocycles. The van der Waals surface area contributed by atoms with Crippen LogP contribution < -0.4 is 14.4 Å². The van der Waals surface area contributed by atoms with Crippen molar-refractivity contribution < 1.29 is 17.9 Å². The molecule has 0 saturated heterocycles. The predicted molar refractivity (Wildman–Crippen MR) is 101 cm³/mol. The van der Waals surface area contributed by atoms with Crippen LogP contribution in [0.3, 0.4) is 0 Å². The number of rotatable bonds is 8. The minimum atomic E-state index is -3.43. The Morgan fingerprint density at radius 3 is 2.35 bits per heavy atom. The van der Waals surface area contributed by atoms with E-state index in [-0.39, 0.29) is 19.1 Å². The van der Waals surface area contributed by atoms with E-state index in [0.29, 0.717) is 17.5 Å². The van der Waals surface area contributed by atoms with Crippen molar-refractivity contribution in [1.82, 2.24) is 5.32 Å². The molecular formula is C19H22N2O4S. The Balaban J connectivity index is 1.66. The monoisotopic (exact) mass is 374 g/mol. The van der Waals surface area contributed by atoms with Crippen molar-refractivity contribution in [1.29, 1.82) is 0 Å². The quantitative estimate of drug-likeness (QED) is 0.769. The van der Waals surface area contributed by atoms with E-state index in [9.17, 15) is 13.2 Å². The summed E-state index contributed by atoms with van der Waals surface area (Å²) in [4.78, 5) is 11.7. The van der Waals surface area contributed by atoms with Crippen LogP contribution in [0.1, 0.15) is 18.4 Å². The van der Waals surface area contributed by atoms with Gasteiger partial charge in [-0.2, -0.15) is 0 Å². The third-order valence-electron chi connectivity index (χ3n) is 4.01. The summed E-state index contributed by atoms with van der Waals surface area (Å²) >= 11 is 0. The molecule has 0 spiro atoms. The summed E-state index contributed by atoms with van der Waals surface area (Å²) in [6.45, 7) is 0.208. The zero-order chi connectivity index (χ0) is 18.6. The van der Waals surface area contributed by atoms with Gasteiger partial charge in [0.05, 0.1) is 18.5 Å². The number of hydrogen-bond acceptors (Lipinski definition) is 4. The molecule has 1 aliphatic carbocycles. The molecule has 6 nitrogen and oxygen atoms in total. The summed E-state index contributed by atoms with van der Waals surface area (Å²) in [6, 6.07) is 16.4. The highest BCUT2D eigenvalue weighted by molar-refractivity contribution is 7.92. The fourth-order valence-corrected chi connectivity index (χ4v) is 3.39. The minimum Gasteiger partial charge on any atom is -0.484 e. The van der Waals surface area contributed by atoms with E-state index in [0.717, 1.165) is 18.4 Å². The summed E-state index contributed by atoms with van der Waals surface area (Å²) in [7, 11) is -3.43. The van der Waals surface area contributed by atoms with Crippen LogP contribution in [0.4, 0.5) is 5.69 Å². The van der Waals surface area contributed by atoms with Gasteiger partial charge in [0.15, 0.2) is 6.61 Å². The number of carbonyl (C=O) groups excluding carboxylic acids is 1. The Kier molecular flexibility index (Phi) is 5.46. The maximum absolute atomic E-state index is 12.2. The van der Waals surface area contributed by atoms with Crippen LogP contribution in [0.5, 0.6) is 5.75 Å². The van der Waals surface area contributed by atoms with Crippen LogP contribution in [-0.2, 0) is 21.4 Å². The molecule has 1 fully saturated rings. The van der Waals surface area contributed by atoms with Crippen molar-refractivity contribution in [3.05, 3.63) is 60.2 Å². The van der Waals surface area contributed by atoms with Gasteiger partial charge in [-0.05, 0) is 42.7 Å². The molecule has 1 N–H and O–H groups in total. The van der Waals surface area contributed by atoms with Gasteiger partial charge in [-0.15, -0.1) is 0 Å². The van der Waals surface area contributed by atoms with Crippen molar-refractivity contribution in [3.8, 4) is 5.75 Å². The number of ether oxygens (including phenoxy) is 1. The normalized spacial score (nSPS) is 13.9. The Morgan fingerprint density at radius 1 is 1.12 bits per heavy atom. The molecule has 0 aromatic heterocycles. The van der Waals surface area contributed by atoms with Crippen LogP contribution in [0.2, 0.25) is 0 Å². The summed E-state index contributed by atoms with van der Waals surface area (Å²) in [6.07, 6.45) is 3.24. The number of anilines is 1. The largest absolute Gasteiger partial charge is 0.484 e. The highest BCUT2D eigenvalue weighted by atomic mass is 32.2. The average Bonchev–Trinajstić information content (AvgIpc) is 3.42. The first-order valence-corrected chi connectivity index (χ1v) is 10.3. The lowest BCUT2D eigenvalue weighted by atomic mass is 10.2. The first kappa shape index (κ1) is 18.3. The first-order chi connectivity index (χ1) is 12.4. The first-order valence-electron chi connectivity index (χ1n) is 8.46. The lowest BCUT2D eigenvalue weighted by molar-refractivity contribution is -0.123. The van der Waals surface area contributed by atoms with Crippen molar-refractivity contribution >= 4 is 21.6 Å². The molecule has 1 aliphatic rings. The van der Waals surface area contributed by atoms with Crippen molar-refractivity contribution in [2.24, 2.45) is 0 Å². The van der Waals surface area contributed by atoms with Crippen molar-refractivity contribution in [2.45, 2.75) is 25.4 Å². The second-order valence-electron chi connectivity index (χ2n) is 6.38. The molecule has 2 aromatic rings. The lowest BCUT2D eigenvalue weighted by Gasteiger charge is -2.22. The molecule has 0 unspecified atom stereocenters. The smallest absolute Gasteiger partial charge is 0.258 e. The molecule has 0 atom stereocenters. The SMILES string of the molecule is CS(=O)(=O)N(Cc1ccccc1)c1ccc(OCC(=O)NC2CC2)cc1. The van der Waals surface area contributed by atoms with E-state index in [1.807, 2.05) is 30.3 Å². The Hall–Kier alpha value is -2.54. The summed E-state index contributed by atoms with van der Waals surface area (Å²) < 4.78 is 31.2. The van der Waals surface area contributed by atoms with Crippen molar-refractivity contribution in [2.75, 3.05) is 17.2 Å². The van der Waals surface area contributed by atoms with E-state index in [4.69, 9.17) is 4.74 Å². The summed E-state index contributed by atoms with van der Waals surface area (Å²) in [5, 5.41) is 2.85. The highest BCUT2D eigenvalue weighted by Crippen LogP contribution is 2.24. The maximum Gasteiger partial charge on any atom is 0.258 e. The van der Waals surface area contributed by atoms with E-state index in [1.54, 1.807) is 24.3 Å². The summed E-state index contributed by atoms with van der Waals surface area (Å²) in [5.41, 5.74) is 1.45. The van der Waals surface area contributed by atoms with Crippen LogP contribution in [0, 0.1) is 0 Å². The van der Waals surface area contributed by atoms with E-state index < -0.39 is 10.0 Å². The molecule has 26 heavy (non-hydrogen) atoms. The molecular weight excluding hydrogens is 352 g/mol. The average molecular weight is 374 g/mol. The van der Waals surface area contributed by atoms with Gasteiger partial charge >= 0.3 is 0 Å². The molecule has 2 aromatic carbocycles. The number of benzene rings is 2. The third kappa shape index (κ3) is 5.23. The molecule has 1 amide bonds. The second kappa shape index (κ2) is 7.78. The van der Waals surface area contributed by atoms with Gasteiger partial charge in [0.25, 0.3) is 5.91 Å². The molecule has 3 rings (SSSR count). The number of carbonyl (C=O) groups is 1. The third-order valence-corrected chi connectivity index (χ3v) is 5.15. The number of nitrogens with one attached hydrogen (secondary N) is 1. The van der Waals surface area contributed by atoms with Crippen LogP contribution >= 0.6 is 0 Å². The molecule has 7 heteroatoms. The summed E-state index contributed by atoms with van der Waals surface area (Å²) in [5.74, 6) is 0.381. The molecule has 0 radical (unpaired) electrons. The van der Waals surface area contributed by atoms with Crippen molar-refractivity contribution in [3.63, 3.8) is 0 Å². The van der Waals surface area contributed by atoms with Gasteiger partial charge in [-0.3, -0.25) is 9.10 Å². The van der Waals surface area contributed by atoms with Gasteiger partial charge in [0, 0.05) is 6.04 Å². The van der Waals surface area contributed by atoms with Gasteiger partial charge in [-0.25, -0.2) is 8.42 Å². The maximum atomic E-state index is 12.2. The molecule has 0 heterocycles. The fourth-order valence-electron chi connectivity index (χ4n) is 2.50. The molecule has 138 valence electrons. The van der Waals surface area contributed by atoms with Gasteiger partial charge in [0.1, 0.15) is 5.75 Å². The van der Waals surface area contributed by atoms with Crippen LogP contribution in [0.25, 0.3) is 0 Å². The molecule has 0 aliphatic heterocycles. The van der Waals surface area contributed by atoms with E-state index in [2.05, 4.69) is 5.32 Å². The number of amides is 1. The van der Waals surface area contributed by atoms with Gasteiger partial charge in [-0.1, -0.05) is 30.3 Å². The fraction of sp³-hybridized carbons (Fsp3) is 0.316. The Labute approximate surface area is 153 Å².